The van der Waals surface area contributed by atoms with Gasteiger partial charge < -0.3 is 5.32 Å². The van der Waals surface area contributed by atoms with Crippen LogP contribution in [-0.2, 0) is 10.0 Å². The highest BCUT2D eigenvalue weighted by molar-refractivity contribution is 7.93. The SMILES string of the molecule is Cc1cc(C)c(NS(=O)(=O)C2CCNCC2)c(C)c1. The number of hydrogen-bond acceptors (Lipinski definition) is 3. The molecule has 0 atom stereocenters. The summed E-state index contributed by atoms with van der Waals surface area (Å²) < 4.78 is 27.6. The summed E-state index contributed by atoms with van der Waals surface area (Å²) >= 11 is 0. The summed E-state index contributed by atoms with van der Waals surface area (Å²) in [6.07, 6.45) is 1.36. The van der Waals surface area contributed by atoms with Crippen LogP contribution in [0.1, 0.15) is 29.5 Å². The molecule has 1 aliphatic rings. The summed E-state index contributed by atoms with van der Waals surface area (Å²) in [5.41, 5.74) is 3.86. The molecule has 0 bridgehead atoms. The van der Waals surface area contributed by atoms with Crippen molar-refractivity contribution in [1.29, 1.82) is 0 Å². The van der Waals surface area contributed by atoms with E-state index in [-0.39, 0.29) is 5.25 Å². The molecule has 19 heavy (non-hydrogen) atoms. The second-order valence-electron chi connectivity index (χ2n) is 5.37. The molecule has 4 nitrogen and oxygen atoms in total. The van der Waals surface area contributed by atoms with Gasteiger partial charge >= 0.3 is 0 Å². The Morgan fingerprint density at radius 2 is 1.63 bits per heavy atom. The zero-order valence-corrected chi connectivity index (χ0v) is 12.6. The summed E-state index contributed by atoms with van der Waals surface area (Å²) in [5.74, 6) is 0. The predicted octanol–water partition coefficient (Wildman–Crippen LogP) is 2.11. The third-order valence-corrected chi connectivity index (χ3v) is 5.48. The van der Waals surface area contributed by atoms with E-state index < -0.39 is 10.0 Å². The van der Waals surface area contributed by atoms with Crippen molar-refractivity contribution in [3.05, 3.63) is 28.8 Å². The molecule has 1 aliphatic heterocycles. The standard InChI is InChI=1S/C14H22N2O2S/c1-10-8-11(2)14(12(3)9-10)16-19(17,18)13-4-6-15-7-5-13/h8-9,13,15-16H,4-7H2,1-3H3. The van der Waals surface area contributed by atoms with Crippen molar-refractivity contribution in [3.63, 3.8) is 0 Å². The third-order valence-electron chi connectivity index (χ3n) is 3.65. The van der Waals surface area contributed by atoms with Crippen LogP contribution in [0.4, 0.5) is 5.69 Å². The fraction of sp³-hybridized carbons (Fsp3) is 0.571. The van der Waals surface area contributed by atoms with Crippen LogP contribution in [0.3, 0.4) is 0 Å². The van der Waals surface area contributed by atoms with Crippen molar-refractivity contribution in [2.45, 2.75) is 38.9 Å². The zero-order chi connectivity index (χ0) is 14.0. The Hall–Kier alpha value is -1.07. The lowest BCUT2D eigenvalue weighted by Crippen LogP contribution is -2.38. The topological polar surface area (TPSA) is 58.2 Å². The van der Waals surface area contributed by atoms with E-state index in [4.69, 9.17) is 0 Å². The van der Waals surface area contributed by atoms with Crippen LogP contribution in [0.5, 0.6) is 0 Å². The molecular weight excluding hydrogens is 260 g/mol. The first-order chi connectivity index (χ1) is 8.90. The Labute approximate surface area is 115 Å². The van der Waals surface area contributed by atoms with E-state index in [0.717, 1.165) is 35.5 Å². The van der Waals surface area contributed by atoms with Crippen molar-refractivity contribution in [1.82, 2.24) is 5.32 Å². The molecule has 106 valence electrons. The van der Waals surface area contributed by atoms with E-state index >= 15 is 0 Å². The molecule has 1 aromatic carbocycles. The van der Waals surface area contributed by atoms with Gasteiger partial charge in [0.15, 0.2) is 0 Å². The van der Waals surface area contributed by atoms with Gasteiger partial charge in [-0.25, -0.2) is 8.42 Å². The quantitative estimate of drug-likeness (QED) is 0.892. The number of aryl methyl sites for hydroxylation is 3. The minimum Gasteiger partial charge on any atom is -0.317 e. The molecule has 1 aromatic rings. The maximum Gasteiger partial charge on any atom is 0.235 e. The molecule has 1 fully saturated rings. The molecule has 2 rings (SSSR count). The summed E-state index contributed by atoms with van der Waals surface area (Å²) in [7, 11) is -3.28. The minimum absolute atomic E-state index is 0.283. The highest BCUT2D eigenvalue weighted by Crippen LogP contribution is 2.25. The third kappa shape index (κ3) is 3.28. The number of rotatable bonds is 3. The first-order valence-corrected chi connectivity index (χ1v) is 8.25. The molecule has 2 N–H and O–H groups in total. The summed E-state index contributed by atoms with van der Waals surface area (Å²) in [6.45, 7) is 7.46. The second-order valence-corrected chi connectivity index (χ2v) is 7.33. The van der Waals surface area contributed by atoms with Crippen LogP contribution in [0.2, 0.25) is 0 Å². The summed E-state index contributed by atoms with van der Waals surface area (Å²) in [5, 5.41) is 2.91. The van der Waals surface area contributed by atoms with Gasteiger partial charge in [0.2, 0.25) is 10.0 Å². The molecule has 0 unspecified atom stereocenters. The largest absolute Gasteiger partial charge is 0.317 e. The van der Waals surface area contributed by atoms with Gasteiger partial charge in [-0.05, 0) is 57.8 Å². The minimum atomic E-state index is -3.28. The second kappa shape index (κ2) is 5.51. The lowest BCUT2D eigenvalue weighted by molar-refractivity contribution is 0.499. The van der Waals surface area contributed by atoms with Gasteiger partial charge in [0.1, 0.15) is 0 Å². The van der Waals surface area contributed by atoms with Crippen molar-refractivity contribution in [2.24, 2.45) is 0 Å². The van der Waals surface area contributed by atoms with Crippen molar-refractivity contribution in [3.8, 4) is 0 Å². The Morgan fingerprint density at radius 1 is 1.11 bits per heavy atom. The van der Waals surface area contributed by atoms with E-state index in [1.165, 1.54) is 0 Å². The first-order valence-electron chi connectivity index (χ1n) is 6.70. The van der Waals surface area contributed by atoms with E-state index in [1.807, 2.05) is 32.9 Å². The van der Waals surface area contributed by atoms with Crippen LogP contribution in [0, 0.1) is 20.8 Å². The number of nitrogens with one attached hydrogen (secondary N) is 2. The number of sulfonamides is 1. The van der Waals surface area contributed by atoms with Gasteiger partial charge in [0.05, 0.1) is 10.9 Å². The predicted molar refractivity (Wildman–Crippen MR) is 79.1 cm³/mol. The molecule has 0 aromatic heterocycles. The lowest BCUT2D eigenvalue weighted by Gasteiger charge is -2.24. The monoisotopic (exact) mass is 282 g/mol. The van der Waals surface area contributed by atoms with Gasteiger partial charge in [-0.15, -0.1) is 0 Å². The molecule has 0 amide bonds. The molecule has 1 heterocycles. The van der Waals surface area contributed by atoms with Crippen molar-refractivity contribution in [2.75, 3.05) is 17.8 Å². The first kappa shape index (κ1) is 14.3. The van der Waals surface area contributed by atoms with Gasteiger partial charge in [-0.2, -0.15) is 0 Å². The molecule has 0 saturated carbocycles. The Morgan fingerprint density at radius 3 is 2.16 bits per heavy atom. The van der Waals surface area contributed by atoms with Crippen LogP contribution in [-0.4, -0.2) is 26.8 Å². The Bertz CT molecular complexity index is 538. The Kier molecular flexibility index (Phi) is 4.16. The van der Waals surface area contributed by atoms with Gasteiger partial charge in [0, 0.05) is 0 Å². The zero-order valence-electron chi connectivity index (χ0n) is 11.8. The van der Waals surface area contributed by atoms with Gasteiger partial charge in [-0.1, -0.05) is 17.7 Å². The molecule has 5 heteroatoms. The van der Waals surface area contributed by atoms with E-state index in [9.17, 15) is 8.42 Å². The average Bonchev–Trinajstić information content (AvgIpc) is 2.35. The van der Waals surface area contributed by atoms with Crippen LogP contribution < -0.4 is 10.0 Å². The number of piperidine rings is 1. The van der Waals surface area contributed by atoms with E-state index in [0.29, 0.717) is 12.8 Å². The number of hydrogen-bond donors (Lipinski definition) is 2. The number of anilines is 1. The molecule has 0 aliphatic carbocycles. The number of benzene rings is 1. The maximum atomic E-state index is 12.4. The summed E-state index contributed by atoms with van der Waals surface area (Å²) in [6, 6.07) is 4.01. The van der Waals surface area contributed by atoms with Crippen molar-refractivity contribution >= 4 is 15.7 Å². The molecule has 1 saturated heterocycles. The van der Waals surface area contributed by atoms with Crippen LogP contribution in [0.15, 0.2) is 12.1 Å². The van der Waals surface area contributed by atoms with Crippen LogP contribution in [0.25, 0.3) is 0 Å². The highest BCUT2D eigenvalue weighted by atomic mass is 32.2. The molecule has 0 radical (unpaired) electrons. The highest BCUT2D eigenvalue weighted by Gasteiger charge is 2.27. The Balaban J connectivity index is 2.25. The van der Waals surface area contributed by atoms with Gasteiger partial charge in [-0.3, -0.25) is 4.72 Å². The van der Waals surface area contributed by atoms with Gasteiger partial charge in [0.25, 0.3) is 0 Å². The molecular formula is C14H22N2O2S. The average molecular weight is 282 g/mol. The summed E-state index contributed by atoms with van der Waals surface area (Å²) in [4.78, 5) is 0. The maximum absolute atomic E-state index is 12.4. The molecule has 0 spiro atoms. The smallest absolute Gasteiger partial charge is 0.235 e. The fourth-order valence-electron chi connectivity index (χ4n) is 2.67. The lowest BCUT2D eigenvalue weighted by atomic mass is 10.1. The fourth-order valence-corrected chi connectivity index (χ4v) is 4.30. The van der Waals surface area contributed by atoms with E-state index in [1.54, 1.807) is 0 Å². The van der Waals surface area contributed by atoms with Crippen molar-refractivity contribution < 1.29 is 8.42 Å². The van der Waals surface area contributed by atoms with E-state index in [2.05, 4.69) is 10.0 Å². The van der Waals surface area contributed by atoms with Crippen LogP contribution >= 0.6 is 0 Å². The normalized spacial score (nSPS) is 17.4.